The van der Waals surface area contributed by atoms with Gasteiger partial charge in [0.1, 0.15) is 0 Å². The molecule has 0 unspecified atom stereocenters. The highest BCUT2D eigenvalue weighted by Crippen LogP contribution is 2.25. The van der Waals surface area contributed by atoms with Crippen LogP contribution >= 0.6 is 0 Å². The Morgan fingerprint density at radius 3 is 2.62 bits per heavy atom. The number of hydrogen-bond donors (Lipinski definition) is 3. The van der Waals surface area contributed by atoms with Crippen molar-refractivity contribution in [3.63, 3.8) is 0 Å². The van der Waals surface area contributed by atoms with Crippen LogP contribution in [0.3, 0.4) is 0 Å². The average Bonchev–Trinajstić information content (AvgIpc) is 2.81. The van der Waals surface area contributed by atoms with E-state index in [-0.39, 0.29) is 18.2 Å². The van der Waals surface area contributed by atoms with E-state index in [1.54, 1.807) is 0 Å². The standard InChI is InChI=1S/C15H18N4O2/c1-10-14(12-6-4-3-5-7-12)18-19-15(10)17-13(21)8-9-16-11(2)20/h3-7H,8-9H2,1-2H3,(H,16,20)(H2,17,18,19,21). The zero-order valence-electron chi connectivity index (χ0n) is 12.1. The Balaban J connectivity index is 2.01. The third kappa shape index (κ3) is 3.92. The highest BCUT2D eigenvalue weighted by atomic mass is 16.2. The lowest BCUT2D eigenvalue weighted by Gasteiger charge is -2.04. The van der Waals surface area contributed by atoms with Crippen LogP contribution in [-0.2, 0) is 9.59 Å². The van der Waals surface area contributed by atoms with Gasteiger partial charge in [-0.15, -0.1) is 0 Å². The Morgan fingerprint density at radius 2 is 1.95 bits per heavy atom. The summed E-state index contributed by atoms with van der Waals surface area (Å²) in [6.07, 6.45) is 0.215. The van der Waals surface area contributed by atoms with Gasteiger partial charge in [-0.3, -0.25) is 14.7 Å². The van der Waals surface area contributed by atoms with Crippen molar-refractivity contribution in [1.82, 2.24) is 15.5 Å². The first kappa shape index (κ1) is 14.8. The monoisotopic (exact) mass is 286 g/mol. The van der Waals surface area contributed by atoms with Crippen LogP contribution in [0.25, 0.3) is 11.3 Å². The number of H-pyrrole nitrogens is 1. The molecule has 6 nitrogen and oxygen atoms in total. The first-order valence-electron chi connectivity index (χ1n) is 6.72. The summed E-state index contributed by atoms with van der Waals surface area (Å²) >= 11 is 0. The number of carbonyl (C=O) groups is 2. The molecule has 0 radical (unpaired) electrons. The number of carbonyl (C=O) groups excluding carboxylic acids is 2. The van der Waals surface area contributed by atoms with Crippen LogP contribution in [0.4, 0.5) is 5.82 Å². The fourth-order valence-electron chi connectivity index (χ4n) is 1.95. The van der Waals surface area contributed by atoms with Crippen molar-refractivity contribution in [3.05, 3.63) is 35.9 Å². The van der Waals surface area contributed by atoms with Crippen LogP contribution < -0.4 is 10.6 Å². The van der Waals surface area contributed by atoms with Crippen molar-refractivity contribution in [1.29, 1.82) is 0 Å². The number of aromatic amines is 1. The average molecular weight is 286 g/mol. The molecule has 2 amide bonds. The van der Waals surface area contributed by atoms with E-state index in [0.717, 1.165) is 16.8 Å². The van der Waals surface area contributed by atoms with E-state index in [4.69, 9.17) is 0 Å². The number of hydrogen-bond acceptors (Lipinski definition) is 3. The molecule has 2 rings (SSSR count). The van der Waals surface area contributed by atoms with Gasteiger partial charge in [0.15, 0.2) is 5.82 Å². The molecule has 0 aliphatic carbocycles. The number of aromatic nitrogens is 2. The molecular formula is C15H18N4O2. The van der Waals surface area contributed by atoms with Crippen LogP contribution in [0.5, 0.6) is 0 Å². The number of amides is 2. The van der Waals surface area contributed by atoms with E-state index in [0.29, 0.717) is 12.4 Å². The van der Waals surface area contributed by atoms with Gasteiger partial charge >= 0.3 is 0 Å². The third-order valence-corrected chi connectivity index (χ3v) is 3.06. The Kier molecular flexibility index (Phi) is 4.71. The summed E-state index contributed by atoms with van der Waals surface area (Å²) in [6.45, 7) is 3.63. The van der Waals surface area contributed by atoms with Gasteiger partial charge in [-0.1, -0.05) is 30.3 Å². The zero-order valence-corrected chi connectivity index (χ0v) is 12.1. The maximum Gasteiger partial charge on any atom is 0.227 e. The van der Waals surface area contributed by atoms with E-state index in [9.17, 15) is 9.59 Å². The first-order chi connectivity index (χ1) is 10.1. The van der Waals surface area contributed by atoms with Crippen LogP contribution in [0.2, 0.25) is 0 Å². The second-order valence-corrected chi connectivity index (χ2v) is 4.72. The van der Waals surface area contributed by atoms with Crippen LogP contribution in [0.1, 0.15) is 18.9 Å². The van der Waals surface area contributed by atoms with E-state index in [1.807, 2.05) is 37.3 Å². The molecule has 21 heavy (non-hydrogen) atoms. The number of rotatable bonds is 5. The lowest BCUT2D eigenvalue weighted by atomic mass is 10.1. The zero-order chi connectivity index (χ0) is 15.2. The molecule has 0 bridgehead atoms. The maximum atomic E-state index is 11.8. The maximum absolute atomic E-state index is 11.8. The highest BCUT2D eigenvalue weighted by molar-refractivity contribution is 5.91. The quantitative estimate of drug-likeness (QED) is 0.784. The predicted octanol–water partition coefficient (Wildman–Crippen LogP) is 1.85. The molecule has 0 spiro atoms. The van der Waals surface area contributed by atoms with E-state index in [1.165, 1.54) is 6.92 Å². The van der Waals surface area contributed by atoms with Crippen LogP contribution in [0.15, 0.2) is 30.3 Å². The molecule has 110 valence electrons. The Morgan fingerprint density at radius 1 is 1.24 bits per heavy atom. The third-order valence-electron chi connectivity index (χ3n) is 3.06. The predicted molar refractivity (Wildman–Crippen MR) is 80.7 cm³/mol. The molecule has 1 aromatic heterocycles. The van der Waals surface area contributed by atoms with Gasteiger partial charge in [-0.25, -0.2) is 0 Å². The van der Waals surface area contributed by atoms with Crippen molar-refractivity contribution >= 4 is 17.6 Å². The minimum Gasteiger partial charge on any atom is -0.356 e. The normalized spacial score (nSPS) is 10.2. The molecule has 3 N–H and O–H groups in total. The molecule has 0 aliphatic rings. The minimum absolute atomic E-state index is 0.148. The molecule has 0 fully saturated rings. The summed E-state index contributed by atoms with van der Waals surface area (Å²) in [5.41, 5.74) is 2.78. The van der Waals surface area contributed by atoms with Gasteiger partial charge < -0.3 is 10.6 Å². The summed E-state index contributed by atoms with van der Waals surface area (Å²) in [6, 6.07) is 9.79. The molecule has 0 atom stereocenters. The van der Waals surface area contributed by atoms with Gasteiger partial charge in [-0.05, 0) is 12.5 Å². The second-order valence-electron chi connectivity index (χ2n) is 4.72. The SMILES string of the molecule is CC(=O)NCCC(=O)Nc1n[nH]c(-c2ccccc2)c1C. The summed E-state index contributed by atoms with van der Waals surface area (Å²) in [7, 11) is 0. The van der Waals surface area contributed by atoms with Gasteiger partial charge in [0, 0.05) is 25.5 Å². The second kappa shape index (κ2) is 6.69. The van der Waals surface area contributed by atoms with Crippen LogP contribution in [-0.4, -0.2) is 28.6 Å². The molecule has 0 aliphatic heterocycles. The Bertz CT molecular complexity index is 634. The smallest absolute Gasteiger partial charge is 0.227 e. The largest absolute Gasteiger partial charge is 0.356 e. The molecule has 2 aromatic rings. The van der Waals surface area contributed by atoms with Crippen LogP contribution in [0, 0.1) is 6.92 Å². The highest BCUT2D eigenvalue weighted by Gasteiger charge is 2.12. The summed E-state index contributed by atoms with van der Waals surface area (Å²) in [5, 5.41) is 12.4. The topological polar surface area (TPSA) is 86.9 Å². The number of nitrogens with one attached hydrogen (secondary N) is 3. The van der Waals surface area contributed by atoms with Gasteiger partial charge in [0.2, 0.25) is 11.8 Å². The molecule has 0 saturated carbocycles. The minimum atomic E-state index is -0.182. The summed E-state index contributed by atoms with van der Waals surface area (Å²) in [5.74, 6) is 0.185. The van der Waals surface area contributed by atoms with Gasteiger partial charge in [-0.2, -0.15) is 5.10 Å². The molecule has 0 saturated heterocycles. The van der Waals surface area contributed by atoms with Crippen molar-refractivity contribution in [2.45, 2.75) is 20.3 Å². The Hall–Kier alpha value is -2.63. The fraction of sp³-hybridized carbons (Fsp3) is 0.267. The number of anilines is 1. The van der Waals surface area contributed by atoms with E-state index < -0.39 is 0 Å². The van der Waals surface area contributed by atoms with Gasteiger partial charge in [0.25, 0.3) is 0 Å². The lowest BCUT2D eigenvalue weighted by Crippen LogP contribution is -2.25. The van der Waals surface area contributed by atoms with Crippen molar-refractivity contribution in [3.8, 4) is 11.3 Å². The number of nitrogens with zero attached hydrogens (tertiary/aromatic N) is 1. The Labute approximate surface area is 122 Å². The van der Waals surface area contributed by atoms with Crippen molar-refractivity contribution in [2.24, 2.45) is 0 Å². The first-order valence-corrected chi connectivity index (χ1v) is 6.72. The van der Waals surface area contributed by atoms with Crippen molar-refractivity contribution in [2.75, 3.05) is 11.9 Å². The van der Waals surface area contributed by atoms with E-state index >= 15 is 0 Å². The molecule has 1 aromatic carbocycles. The summed E-state index contributed by atoms with van der Waals surface area (Å²) in [4.78, 5) is 22.5. The summed E-state index contributed by atoms with van der Waals surface area (Å²) < 4.78 is 0. The molecule has 1 heterocycles. The van der Waals surface area contributed by atoms with E-state index in [2.05, 4.69) is 20.8 Å². The fourth-order valence-corrected chi connectivity index (χ4v) is 1.95. The molecule has 6 heteroatoms. The van der Waals surface area contributed by atoms with Gasteiger partial charge in [0.05, 0.1) is 5.69 Å². The van der Waals surface area contributed by atoms with Crippen molar-refractivity contribution < 1.29 is 9.59 Å². The number of benzene rings is 1. The molecular weight excluding hydrogens is 268 g/mol. The lowest BCUT2D eigenvalue weighted by molar-refractivity contribution is -0.119.